The third kappa shape index (κ3) is 5.45. The first kappa shape index (κ1) is 22.6. The van der Waals surface area contributed by atoms with Crippen LogP contribution in [-0.4, -0.2) is 37.2 Å². The van der Waals surface area contributed by atoms with Gasteiger partial charge in [-0.2, -0.15) is 0 Å². The van der Waals surface area contributed by atoms with E-state index in [0.29, 0.717) is 11.6 Å². The van der Waals surface area contributed by atoms with E-state index in [0.717, 1.165) is 5.75 Å². The maximum atomic E-state index is 12.4. The number of carbonyl (C=O) groups is 2. The minimum atomic E-state index is -0.542. The van der Waals surface area contributed by atoms with Crippen molar-refractivity contribution in [2.24, 2.45) is 5.73 Å². The molecule has 1 aliphatic carbocycles. The van der Waals surface area contributed by atoms with E-state index in [2.05, 4.69) is 12.1 Å². The average Bonchev–Trinajstić information content (AvgIpc) is 3.18. The Labute approximate surface area is 193 Å². The molecule has 8 nitrogen and oxygen atoms in total. The largest absolute Gasteiger partial charge is 0.490 e. The highest BCUT2D eigenvalue weighted by molar-refractivity contribution is 5.99. The first-order chi connectivity index (χ1) is 15.9. The van der Waals surface area contributed by atoms with Crippen molar-refractivity contribution >= 4 is 23.6 Å². The van der Waals surface area contributed by atoms with E-state index in [-0.39, 0.29) is 30.3 Å². The number of carbonyl (C=O) groups excluding carboxylic acids is 2. The van der Waals surface area contributed by atoms with Crippen molar-refractivity contribution in [2.75, 3.05) is 18.1 Å². The molecule has 1 saturated heterocycles. The van der Waals surface area contributed by atoms with Crippen LogP contribution in [0.3, 0.4) is 0 Å². The molecule has 33 heavy (non-hydrogen) atoms. The number of cyclic esters (lactones) is 1. The molecular formula is C25H29N3O5. The van der Waals surface area contributed by atoms with Crippen LogP contribution < -0.4 is 20.1 Å². The number of amides is 1. The smallest absolute Gasteiger partial charge is 0.414 e. The number of esters is 1. The number of rotatable bonds is 7. The maximum absolute atomic E-state index is 12.4. The van der Waals surface area contributed by atoms with E-state index >= 15 is 0 Å². The molecule has 8 heteroatoms. The number of nitrogen functional groups attached to an aromatic ring is 1. The highest BCUT2D eigenvalue weighted by Crippen LogP contribution is 2.33. The number of hydrogen-bond donors (Lipinski definition) is 2. The Bertz CT molecular complexity index is 1030. The molecule has 3 N–H and O–H groups in total. The number of amidine groups is 1. The van der Waals surface area contributed by atoms with Crippen molar-refractivity contribution in [1.82, 2.24) is 0 Å². The topological polar surface area (TPSA) is 115 Å². The van der Waals surface area contributed by atoms with Gasteiger partial charge in [0, 0.05) is 13.0 Å². The van der Waals surface area contributed by atoms with E-state index in [1.165, 1.54) is 55.6 Å². The molecular weight excluding hydrogens is 422 g/mol. The average molecular weight is 452 g/mol. The lowest BCUT2D eigenvalue weighted by Gasteiger charge is -2.22. The van der Waals surface area contributed by atoms with Crippen LogP contribution in [0.5, 0.6) is 11.5 Å². The van der Waals surface area contributed by atoms with E-state index in [9.17, 15) is 9.59 Å². The highest BCUT2D eigenvalue weighted by atomic mass is 16.6. The molecule has 2 fully saturated rings. The number of ether oxygens (including phenoxy) is 3. The Morgan fingerprint density at radius 2 is 1.88 bits per heavy atom. The van der Waals surface area contributed by atoms with Gasteiger partial charge in [-0.25, -0.2) is 4.79 Å². The summed E-state index contributed by atoms with van der Waals surface area (Å²) in [7, 11) is 0. The summed E-state index contributed by atoms with van der Waals surface area (Å²) >= 11 is 0. The Kier molecular flexibility index (Phi) is 6.82. The fraction of sp³-hybridized carbons (Fsp3) is 0.400. The van der Waals surface area contributed by atoms with Crippen molar-refractivity contribution in [3.8, 4) is 11.5 Å². The summed E-state index contributed by atoms with van der Waals surface area (Å²) in [4.78, 5) is 25.3. The molecule has 1 amide bonds. The van der Waals surface area contributed by atoms with Gasteiger partial charge in [0.15, 0.2) is 6.10 Å². The number of nitrogens with two attached hydrogens (primary N) is 1. The van der Waals surface area contributed by atoms with E-state index < -0.39 is 18.2 Å². The molecule has 1 aliphatic heterocycles. The predicted octanol–water partition coefficient (Wildman–Crippen LogP) is 4.35. The van der Waals surface area contributed by atoms with Crippen LogP contribution in [0.15, 0.2) is 42.5 Å². The van der Waals surface area contributed by atoms with Crippen LogP contribution in [0.25, 0.3) is 0 Å². The number of benzene rings is 2. The summed E-state index contributed by atoms with van der Waals surface area (Å²) in [6.07, 6.45) is 5.47. The molecule has 2 aromatic carbocycles. The van der Waals surface area contributed by atoms with Crippen molar-refractivity contribution < 1.29 is 23.8 Å². The SMILES string of the molecule is CC(=O)Oc1cc(N2CC(COc3ccc(C4CCCCC4)cc3)OC2=O)ccc1C(=N)N. The van der Waals surface area contributed by atoms with Gasteiger partial charge in [0.2, 0.25) is 0 Å². The summed E-state index contributed by atoms with van der Waals surface area (Å²) < 4.78 is 16.5. The van der Waals surface area contributed by atoms with Gasteiger partial charge in [-0.3, -0.25) is 15.1 Å². The lowest BCUT2D eigenvalue weighted by Crippen LogP contribution is -2.27. The van der Waals surface area contributed by atoms with Gasteiger partial charge >= 0.3 is 12.1 Å². The maximum Gasteiger partial charge on any atom is 0.414 e. The lowest BCUT2D eigenvalue weighted by molar-refractivity contribution is -0.131. The van der Waals surface area contributed by atoms with Crippen LogP contribution in [0.2, 0.25) is 0 Å². The number of anilines is 1. The second-order valence-corrected chi connectivity index (χ2v) is 8.52. The van der Waals surface area contributed by atoms with Gasteiger partial charge in [0.1, 0.15) is 23.9 Å². The third-order valence-corrected chi connectivity index (χ3v) is 6.09. The molecule has 4 rings (SSSR count). The molecule has 0 radical (unpaired) electrons. The lowest BCUT2D eigenvalue weighted by atomic mass is 9.84. The molecule has 1 heterocycles. The second-order valence-electron chi connectivity index (χ2n) is 8.52. The number of nitrogens with zero attached hydrogens (tertiary/aromatic N) is 1. The van der Waals surface area contributed by atoms with Gasteiger partial charge in [0.25, 0.3) is 0 Å². The first-order valence-electron chi connectivity index (χ1n) is 11.3. The summed E-state index contributed by atoms with van der Waals surface area (Å²) in [6, 6.07) is 12.9. The zero-order valence-corrected chi connectivity index (χ0v) is 18.7. The van der Waals surface area contributed by atoms with Gasteiger partial charge in [-0.1, -0.05) is 31.4 Å². The molecule has 174 valence electrons. The zero-order chi connectivity index (χ0) is 23.4. The Balaban J connectivity index is 1.37. The predicted molar refractivity (Wildman–Crippen MR) is 124 cm³/mol. The zero-order valence-electron chi connectivity index (χ0n) is 18.7. The molecule has 2 aliphatic rings. The number of hydrogen-bond acceptors (Lipinski definition) is 6. The minimum absolute atomic E-state index is 0.123. The molecule has 0 spiro atoms. The summed E-state index contributed by atoms with van der Waals surface area (Å²) in [6.45, 7) is 1.78. The van der Waals surface area contributed by atoms with Gasteiger partial charge in [-0.15, -0.1) is 0 Å². The van der Waals surface area contributed by atoms with Crippen molar-refractivity contribution in [3.05, 3.63) is 53.6 Å². The Hall–Kier alpha value is -3.55. The van der Waals surface area contributed by atoms with E-state index in [4.69, 9.17) is 25.4 Å². The minimum Gasteiger partial charge on any atom is -0.490 e. The monoisotopic (exact) mass is 451 g/mol. The van der Waals surface area contributed by atoms with Gasteiger partial charge in [0.05, 0.1) is 17.8 Å². The van der Waals surface area contributed by atoms with E-state index in [1.54, 1.807) is 12.1 Å². The normalized spacial score (nSPS) is 18.6. The van der Waals surface area contributed by atoms with Crippen molar-refractivity contribution in [1.29, 1.82) is 5.41 Å². The molecule has 0 bridgehead atoms. The van der Waals surface area contributed by atoms with Crippen LogP contribution in [0.4, 0.5) is 10.5 Å². The number of nitrogens with one attached hydrogen (secondary N) is 1. The first-order valence-corrected chi connectivity index (χ1v) is 11.3. The van der Waals surface area contributed by atoms with Gasteiger partial charge in [-0.05, 0) is 48.6 Å². The van der Waals surface area contributed by atoms with Crippen LogP contribution in [0, 0.1) is 5.41 Å². The molecule has 0 aromatic heterocycles. The summed E-state index contributed by atoms with van der Waals surface area (Å²) in [5.74, 6) is 0.732. The van der Waals surface area contributed by atoms with Gasteiger partial charge < -0.3 is 19.9 Å². The summed E-state index contributed by atoms with van der Waals surface area (Å²) in [5, 5.41) is 7.64. The van der Waals surface area contributed by atoms with Crippen LogP contribution in [0.1, 0.15) is 56.1 Å². The van der Waals surface area contributed by atoms with Crippen molar-refractivity contribution in [3.63, 3.8) is 0 Å². The van der Waals surface area contributed by atoms with E-state index in [1.807, 2.05) is 12.1 Å². The fourth-order valence-electron chi connectivity index (χ4n) is 4.42. The molecule has 1 unspecified atom stereocenters. The Morgan fingerprint density at radius 3 is 2.55 bits per heavy atom. The standard InChI is InChI=1S/C25H29N3O5/c1-16(29)32-23-13-19(9-12-22(23)24(26)27)28-14-21(33-25(28)30)15-31-20-10-7-18(8-11-20)17-5-3-2-4-6-17/h7-13,17,21H,2-6,14-15H2,1H3,(H3,26,27). The summed E-state index contributed by atoms with van der Waals surface area (Å²) in [5.41, 5.74) is 7.68. The second kappa shape index (κ2) is 9.94. The molecule has 1 atom stereocenters. The highest BCUT2D eigenvalue weighted by Gasteiger charge is 2.33. The molecule has 2 aromatic rings. The Morgan fingerprint density at radius 1 is 1.15 bits per heavy atom. The quantitative estimate of drug-likeness (QED) is 0.280. The fourth-order valence-corrected chi connectivity index (χ4v) is 4.42. The van der Waals surface area contributed by atoms with Crippen molar-refractivity contribution in [2.45, 2.75) is 51.0 Å². The van der Waals surface area contributed by atoms with Crippen LogP contribution >= 0.6 is 0 Å². The van der Waals surface area contributed by atoms with Crippen LogP contribution in [-0.2, 0) is 9.53 Å². The third-order valence-electron chi connectivity index (χ3n) is 6.09. The molecule has 1 saturated carbocycles.